The Hall–Kier alpha value is -1.36. The molecule has 1 fully saturated rings. The lowest BCUT2D eigenvalue weighted by molar-refractivity contribution is -0.142. The summed E-state index contributed by atoms with van der Waals surface area (Å²) in [4.78, 5) is 24.7. The highest BCUT2D eigenvalue weighted by molar-refractivity contribution is 5.78. The molecule has 0 radical (unpaired) electrons. The van der Waals surface area contributed by atoms with Gasteiger partial charge in [-0.2, -0.15) is 0 Å². The van der Waals surface area contributed by atoms with Gasteiger partial charge in [-0.15, -0.1) is 6.58 Å². The molecule has 1 amide bonds. The predicted octanol–water partition coefficient (Wildman–Crippen LogP) is 1.40. The van der Waals surface area contributed by atoms with Crippen molar-refractivity contribution in [3.05, 3.63) is 12.7 Å². The van der Waals surface area contributed by atoms with Gasteiger partial charge in [0, 0.05) is 12.1 Å². The molecule has 0 saturated heterocycles. The Morgan fingerprint density at radius 1 is 1.37 bits per heavy atom. The van der Waals surface area contributed by atoms with E-state index in [1.54, 1.807) is 6.08 Å². The lowest BCUT2D eigenvalue weighted by Gasteiger charge is -2.43. The van der Waals surface area contributed by atoms with Crippen LogP contribution in [0.5, 0.6) is 0 Å². The van der Waals surface area contributed by atoms with Gasteiger partial charge in [0.15, 0.2) is 0 Å². The molecule has 5 heteroatoms. The van der Waals surface area contributed by atoms with Crippen molar-refractivity contribution in [1.82, 2.24) is 10.2 Å². The minimum absolute atomic E-state index is 0.0854. The fourth-order valence-corrected chi connectivity index (χ4v) is 2.81. The number of likely N-dealkylation sites (N-methyl/N-ethyl adjacent to an activating group) is 1. The average Bonchev–Trinajstić information content (AvgIpc) is 2.36. The number of rotatable bonds is 7. The largest absolute Gasteiger partial charge is 0.481 e. The van der Waals surface area contributed by atoms with E-state index < -0.39 is 5.97 Å². The van der Waals surface area contributed by atoms with Crippen LogP contribution < -0.4 is 5.32 Å². The van der Waals surface area contributed by atoms with Crippen molar-refractivity contribution >= 4 is 11.9 Å². The molecular weight excluding hydrogens is 244 g/mol. The average molecular weight is 268 g/mol. The van der Waals surface area contributed by atoms with Gasteiger partial charge < -0.3 is 10.4 Å². The molecule has 108 valence electrons. The quantitative estimate of drug-likeness (QED) is 0.685. The van der Waals surface area contributed by atoms with Crippen molar-refractivity contribution in [3.63, 3.8) is 0 Å². The van der Waals surface area contributed by atoms with Gasteiger partial charge >= 0.3 is 5.97 Å². The Balaban J connectivity index is 2.65. The van der Waals surface area contributed by atoms with E-state index in [-0.39, 0.29) is 24.4 Å². The lowest BCUT2D eigenvalue weighted by Crippen LogP contribution is -2.52. The van der Waals surface area contributed by atoms with Crippen LogP contribution in [0.15, 0.2) is 12.7 Å². The third-order valence-electron chi connectivity index (χ3n) is 3.90. The number of amides is 1. The van der Waals surface area contributed by atoms with Crippen LogP contribution in [0.3, 0.4) is 0 Å². The molecule has 0 aliphatic heterocycles. The molecule has 1 rings (SSSR count). The van der Waals surface area contributed by atoms with Gasteiger partial charge in [0.05, 0.1) is 13.0 Å². The minimum atomic E-state index is -0.791. The summed E-state index contributed by atoms with van der Waals surface area (Å²) in [6.45, 7) is 4.23. The number of carbonyl (C=O) groups excluding carboxylic acids is 1. The molecule has 19 heavy (non-hydrogen) atoms. The fourth-order valence-electron chi connectivity index (χ4n) is 2.81. The molecule has 0 heterocycles. The van der Waals surface area contributed by atoms with E-state index in [0.29, 0.717) is 6.54 Å². The number of aliphatic carboxylic acids is 1. The Morgan fingerprint density at radius 3 is 2.53 bits per heavy atom. The maximum atomic E-state index is 11.7. The summed E-state index contributed by atoms with van der Waals surface area (Å²) in [5.74, 6) is -0.877. The van der Waals surface area contributed by atoms with Crippen LogP contribution >= 0.6 is 0 Å². The molecule has 0 unspecified atom stereocenters. The van der Waals surface area contributed by atoms with Gasteiger partial charge in [0.25, 0.3) is 0 Å². The molecular formula is C14H24N2O3. The summed E-state index contributed by atoms with van der Waals surface area (Å²) in [5.41, 5.74) is -0.365. The third-order valence-corrected chi connectivity index (χ3v) is 3.90. The van der Waals surface area contributed by atoms with E-state index in [1.165, 1.54) is 0 Å². The molecule has 1 aliphatic rings. The maximum absolute atomic E-state index is 11.7. The standard InChI is InChI=1S/C14H24N2O3/c1-3-9-15-12(17)11-16(2)14(10-13(18)19)7-5-4-6-8-14/h3H,1,4-11H2,2H3,(H,15,17)(H,18,19). The molecule has 0 atom stereocenters. The number of nitrogens with one attached hydrogen (secondary N) is 1. The molecule has 0 spiro atoms. The van der Waals surface area contributed by atoms with Crippen LogP contribution in [0.4, 0.5) is 0 Å². The number of nitrogens with zero attached hydrogens (tertiary/aromatic N) is 1. The van der Waals surface area contributed by atoms with Crippen LogP contribution in [0.25, 0.3) is 0 Å². The molecule has 2 N–H and O–H groups in total. The smallest absolute Gasteiger partial charge is 0.305 e. The van der Waals surface area contributed by atoms with Crippen molar-refractivity contribution in [2.45, 2.75) is 44.1 Å². The normalized spacial score (nSPS) is 18.0. The summed E-state index contributed by atoms with van der Waals surface area (Å²) in [7, 11) is 1.85. The Kier molecular flexibility index (Phi) is 6.02. The molecule has 1 aliphatic carbocycles. The summed E-state index contributed by atoms with van der Waals surface area (Å²) >= 11 is 0. The van der Waals surface area contributed by atoms with Gasteiger partial charge in [-0.05, 0) is 19.9 Å². The third kappa shape index (κ3) is 4.67. The van der Waals surface area contributed by atoms with Crippen molar-refractivity contribution in [2.24, 2.45) is 0 Å². The molecule has 5 nitrogen and oxygen atoms in total. The van der Waals surface area contributed by atoms with E-state index in [4.69, 9.17) is 5.11 Å². The first-order chi connectivity index (χ1) is 9.00. The van der Waals surface area contributed by atoms with Crippen molar-refractivity contribution in [3.8, 4) is 0 Å². The first kappa shape index (κ1) is 15.7. The number of hydrogen-bond donors (Lipinski definition) is 2. The highest BCUT2D eigenvalue weighted by Gasteiger charge is 2.38. The van der Waals surface area contributed by atoms with E-state index in [9.17, 15) is 9.59 Å². The van der Waals surface area contributed by atoms with Gasteiger partial charge in [-0.1, -0.05) is 25.3 Å². The summed E-state index contributed by atoms with van der Waals surface area (Å²) < 4.78 is 0. The summed E-state index contributed by atoms with van der Waals surface area (Å²) in [5, 5.41) is 11.8. The fraction of sp³-hybridized carbons (Fsp3) is 0.714. The van der Waals surface area contributed by atoms with Gasteiger partial charge in [0.2, 0.25) is 5.91 Å². The maximum Gasteiger partial charge on any atom is 0.305 e. The second-order valence-electron chi connectivity index (χ2n) is 5.30. The first-order valence-electron chi connectivity index (χ1n) is 6.81. The number of carbonyl (C=O) groups is 2. The molecule has 0 aromatic carbocycles. The van der Waals surface area contributed by atoms with Gasteiger partial charge in [-0.3, -0.25) is 14.5 Å². The zero-order chi connectivity index (χ0) is 14.3. The van der Waals surface area contributed by atoms with Crippen LogP contribution in [-0.2, 0) is 9.59 Å². The van der Waals surface area contributed by atoms with E-state index in [1.807, 2.05) is 11.9 Å². The molecule has 0 bridgehead atoms. The molecule has 0 aromatic heterocycles. The Labute approximate surface area is 114 Å². The SMILES string of the molecule is C=CCNC(=O)CN(C)C1(CC(=O)O)CCCCC1. The van der Waals surface area contributed by atoms with Crippen LogP contribution in [0.2, 0.25) is 0 Å². The van der Waals surface area contributed by atoms with Gasteiger partial charge in [0.1, 0.15) is 0 Å². The van der Waals surface area contributed by atoms with Crippen molar-refractivity contribution < 1.29 is 14.7 Å². The zero-order valence-corrected chi connectivity index (χ0v) is 11.7. The number of carboxylic acid groups (broad SMARTS) is 1. The number of carboxylic acids is 1. The Morgan fingerprint density at radius 2 is 2.00 bits per heavy atom. The number of hydrogen-bond acceptors (Lipinski definition) is 3. The van der Waals surface area contributed by atoms with Crippen LogP contribution in [0, 0.1) is 0 Å². The van der Waals surface area contributed by atoms with E-state index in [0.717, 1.165) is 32.1 Å². The van der Waals surface area contributed by atoms with E-state index >= 15 is 0 Å². The zero-order valence-electron chi connectivity index (χ0n) is 11.7. The summed E-state index contributed by atoms with van der Waals surface area (Å²) in [6, 6.07) is 0. The Bertz CT molecular complexity index is 336. The molecule has 1 saturated carbocycles. The lowest BCUT2D eigenvalue weighted by atomic mass is 9.78. The summed E-state index contributed by atoms with van der Waals surface area (Å²) in [6.07, 6.45) is 6.66. The van der Waals surface area contributed by atoms with Crippen molar-refractivity contribution in [1.29, 1.82) is 0 Å². The van der Waals surface area contributed by atoms with Crippen LogP contribution in [-0.4, -0.2) is 47.6 Å². The van der Waals surface area contributed by atoms with Gasteiger partial charge in [-0.25, -0.2) is 0 Å². The topological polar surface area (TPSA) is 69.6 Å². The highest BCUT2D eigenvalue weighted by Crippen LogP contribution is 2.35. The highest BCUT2D eigenvalue weighted by atomic mass is 16.4. The minimum Gasteiger partial charge on any atom is -0.481 e. The first-order valence-corrected chi connectivity index (χ1v) is 6.81. The second-order valence-corrected chi connectivity index (χ2v) is 5.30. The molecule has 0 aromatic rings. The van der Waals surface area contributed by atoms with Crippen LogP contribution in [0.1, 0.15) is 38.5 Å². The second kappa shape index (κ2) is 7.28. The monoisotopic (exact) mass is 268 g/mol. The van der Waals surface area contributed by atoms with E-state index in [2.05, 4.69) is 11.9 Å². The predicted molar refractivity (Wildman–Crippen MR) is 73.9 cm³/mol. The van der Waals surface area contributed by atoms with Crippen molar-refractivity contribution in [2.75, 3.05) is 20.1 Å².